The molecule has 2 nitrogen and oxygen atoms in total. The van der Waals surface area contributed by atoms with Crippen LogP contribution < -0.4 is 5.32 Å². The summed E-state index contributed by atoms with van der Waals surface area (Å²) in [5, 5.41) is 3.68. The summed E-state index contributed by atoms with van der Waals surface area (Å²) < 4.78 is 0.234. The minimum Gasteiger partial charge on any atom is -0.380 e. The number of nitrogens with one attached hydrogen (secondary N) is 1. The van der Waals surface area contributed by atoms with Gasteiger partial charge in [0.25, 0.3) is 0 Å². The topological polar surface area (TPSA) is 29.1 Å². The second kappa shape index (κ2) is 5.80. The fourth-order valence-corrected chi connectivity index (χ4v) is 5.09. The molecule has 1 saturated carbocycles. The van der Waals surface area contributed by atoms with Gasteiger partial charge < -0.3 is 5.32 Å². The molecule has 1 aromatic rings. The van der Waals surface area contributed by atoms with Crippen molar-refractivity contribution in [2.75, 3.05) is 5.32 Å². The van der Waals surface area contributed by atoms with E-state index >= 15 is 0 Å². The first-order chi connectivity index (χ1) is 9.73. The lowest BCUT2D eigenvalue weighted by molar-refractivity contribution is -0.119. The maximum absolute atomic E-state index is 12.0. The summed E-state index contributed by atoms with van der Waals surface area (Å²) in [5.41, 5.74) is 1.21. The molecule has 0 bridgehead atoms. The van der Waals surface area contributed by atoms with Crippen molar-refractivity contribution < 1.29 is 4.79 Å². The Bertz CT molecular complexity index is 494. The number of hydrogen-bond donors (Lipinski definition) is 1. The largest absolute Gasteiger partial charge is 0.380 e. The summed E-state index contributed by atoms with van der Waals surface area (Å²) in [7, 11) is 0. The molecule has 20 heavy (non-hydrogen) atoms. The first-order valence-corrected chi connectivity index (χ1v) is 8.61. The highest BCUT2D eigenvalue weighted by Gasteiger charge is 2.44. The normalized spacial score (nSPS) is 23.9. The number of benzene rings is 1. The molecule has 1 N–H and O–H groups in total. The van der Waals surface area contributed by atoms with Crippen LogP contribution in [-0.2, 0) is 4.79 Å². The van der Waals surface area contributed by atoms with Gasteiger partial charge in [0, 0.05) is 34.2 Å². The molecule has 1 fully saturated rings. The van der Waals surface area contributed by atoms with Gasteiger partial charge in [0.1, 0.15) is 5.78 Å². The Labute approximate surface area is 125 Å². The minimum atomic E-state index is 0.234. The SMILES string of the molecule is CCC(=O)C[C@H]1Nc2ccccc2SC12CCCCC2. The lowest BCUT2D eigenvalue weighted by Gasteiger charge is -2.47. The van der Waals surface area contributed by atoms with Crippen LogP contribution in [0, 0.1) is 0 Å². The average Bonchev–Trinajstić information content (AvgIpc) is 2.49. The van der Waals surface area contributed by atoms with Gasteiger partial charge in [0.2, 0.25) is 0 Å². The third kappa shape index (κ3) is 2.60. The Morgan fingerprint density at radius 1 is 1.30 bits per heavy atom. The van der Waals surface area contributed by atoms with Crippen molar-refractivity contribution in [3.63, 3.8) is 0 Å². The van der Waals surface area contributed by atoms with E-state index in [4.69, 9.17) is 0 Å². The van der Waals surface area contributed by atoms with E-state index in [-0.39, 0.29) is 4.75 Å². The summed E-state index contributed by atoms with van der Waals surface area (Å²) in [6.07, 6.45) is 7.75. The summed E-state index contributed by atoms with van der Waals surface area (Å²) >= 11 is 2.03. The van der Waals surface area contributed by atoms with Crippen LogP contribution in [0.3, 0.4) is 0 Å². The number of carbonyl (C=O) groups excluding carboxylic acids is 1. The lowest BCUT2D eigenvalue weighted by atomic mass is 9.80. The number of anilines is 1. The first-order valence-electron chi connectivity index (χ1n) is 7.80. The van der Waals surface area contributed by atoms with Crippen LogP contribution in [0.15, 0.2) is 29.2 Å². The smallest absolute Gasteiger partial charge is 0.134 e. The quantitative estimate of drug-likeness (QED) is 0.878. The predicted octanol–water partition coefficient (Wildman–Crippen LogP) is 4.64. The summed E-state index contributed by atoms with van der Waals surface area (Å²) in [4.78, 5) is 13.3. The second-order valence-corrected chi connectivity index (χ2v) is 7.47. The second-order valence-electron chi connectivity index (χ2n) is 6.02. The van der Waals surface area contributed by atoms with Crippen LogP contribution in [0.2, 0.25) is 0 Å². The Kier molecular flexibility index (Phi) is 4.06. The van der Waals surface area contributed by atoms with E-state index in [2.05, 4.69) is 29.6 Å². The van der Waals surface area contributed by atoms with Crippen LogP contribution in [0.4, 0.5) is 5.69 Å². The highest BCUT2D eigenvalue weighted by molar-refractivity contribution is 8.01. The van der Waals surface area contributed by atoms with E-state index in [0.717, 1.165) is 0 Å². The Balaban J connectivity index is 1.90. The Hall–Kier alpha value is -0.960. The number of Topliss-reactive ketones (excluding diaryl/α,β-unsaturated/α-hetero) is 1. The Morgan fingerprint density at radius 3 is 2.80 bits per heavy atom. The van der Waals surface area contributed by atoms with Crippen LogP contribution in [0.25, 0.3) is 0 Å². The molecular formula is C17H23NOS. The fourth-order valence-electron chi connectivity index (χ4n) is 3.49. The summed E-state index contributed by atoms with van der Waals surface area (Å²) in [5.74, 6) is 0.382. The van der Waals surface area contributed by atoms with E-state index in [9.17, 15) is 4.79 Å². The van der Waals surface area contributed by atoms with Crippen molar-refractivity contribution in [2.24, 2.45) is 0 Å². The molecule has 1 atom stereocenters. The van der Waals surface area contributed by atoms with Gasteiger partial charge >= 0.3 is 0 Å². The van der Waals surface area contributed by atoms with Crippen LogP contribution in [0.1, 0.15) is 51.9 Å². The third-order valence-corrected chi connectivity index (χ3v) is 6.37. The van der Waals surface area contributed by atoms with E-state index in [0.29, 0.717) is 24.7 Å². The highest BCUT2D eigenvalue weighted by Crippen LogP contribution is 2.52. The zero-order valence-electron chi connectivity index (χ0n) is 12.2. The molecule has 3 rings (SSSR count). The van der Waals surface area contributed by atoms with E-state index in [1.807, 2.05) is 18.7 Å². The molecule has 108 valence electrons. The number of fused-ring (bicyclic) bond motifs is 1. The fraction of sp³-hybridized carbons (Fsp3) is 0.588. The van der Waals surface area contributed by atoms with Gasteiger partial charge in [0.15, 0.2) is 0 Å². The van der Waals surface area contributed by atoms with Gasteiger partial charge in [0.05, 0.1) is 0 Å². The Morgan fingerprint density at radius 2 is 2.05 bits per heavy atom. The number of carbonyl (C=O) groups is 1. The molecule has 0 aromatic heterocycles. The van der Waals surface area contributed by atoms with Crippen LogP contribution >= 0.6 is 11.8 Å². The third-order valence-electron chi connectivity index (χ3n) is 4.69. The van der Waals surface area contributed by atoms with E-state index in [1.54, 1.807) is 0 Å². The van der Waals surface area contributed by atoms with Gasteiger partial charge in [-0.15, -0.1) is 11.8 Å². The molecule has 1 heterocycles. The number of para-hydroxylation sites is 1. The molecule has 0 saturated heterocycles. The molecule has 2 aliphatic rings. The van der Waals surface area contributed by atoms with Gasteiger partial charge in [-0.3, -0.25) is 4.79 Å². The first kappa shape index (κ1) is 14.0. The van der Waals surface area contributed by atoms with Crippen molar-refractivity contribution in [1.29, 1.82) is 0 Å². The zero-order chi connectivity index (χ0) is 14.0. The van der Waals surface area contributed by atoms with Crippen molar-refractivity contribution in [2.45, 2.75) is 67.6 Å². The minimum absolute atomic E-state index is 0.234. The van der Waals surface area contributed by atoms with Crippen molar-refractivity contribution in [3.05, 3.63) is 24.3 Å². The van der Waals surface area contributed by atoms with Gasteiger partial charge in [-0.25, -0.2) is 0 Å². The molecule has 1 spiro atoms. The monoisotopic (exact) mass is 289 g/mol. The average molecular weight is 289 g/mol. The summed E-state index contributed by atoms with van der Waals surface area (Å²) in [6.45, 7) is 1.97. The van der Waals surface area contributed by atoms with Gasteiger partial charge in [-0.1, -0.05) is 38.3 Å². The number of thioether (sulfide) groups is 1. The predicted molar refractivity (Wildman–Crippen MR) is 85.4 cm³/mol. The molecular weight excluding hydrogens is 266 g/mol. The van der Waals surface area contributed by atoms with E-state index in [1.165, 1.54) is 42.7 Å². The van der Waals surface area contributed by atoms with Crippen molar-refractivity contribution in [3.8, 4) is 0 Å². The summed E-state index contributed by atoms with van der Waals surface area (Å²) in [6, 6.07) is 8.84. The molecule has 1 aliphatic heterocycles. The molecule has 1 aliphatic carbocycles. The molecule has 3 heteroatoms. The number of hydrogen-bond acceptors (Lipinski definition) is 3. The van der Waals surface area contributed by atoms with Gasteiger partial charge in [-0.2, -0.15) is 0 Å². The zero-order valence-corrected chi connectivity index (χ0v) is 13.0. The highest BCUT2D eigenvalue weighted by atomic mass is 32.2. The van der Waals surface area contributed by atoms with Crippen molar-refractivity contribution in [1.82, 2.24) is 0 Å². The number of ketones is 1. The standard InChI is InChI=1S/C17H23NOS/c1-2-13(19)12-16-17(10-6-3-7-11-17)20-15-9-5-4-8-14(15)18-16/h4-5,8-9,16,18H,2-3,6-7,10-12H2,1H3/t16-/m1/s1. The molecule has 1 aromatic carbocycles. The lowest BCUT2D eigenvalue weighted by Crippen LogP contribution is -2.49. The molecule has 0 amide bonds. The van der Waals surface area contributed by atoms with Crippen LogP contribution in [-0.4, -0.2) is 16.6 Å². The molecule has 0 unspecified atom stereocenters. The van der Waals surface area contributed by atoms with Crippen LogP contribution in [0.5, 0.6) is 0 Å². The number of rotatable bonds is 3. The van der Waals surface area contributed by atoms with Gasteiger partial charge in [-0.05, 0) is 25.0 Å². The van der Waals surface area contributed by atoms with Crippen molar-refractivity contribution >= 4 is 23.2 Å². The maximum atomic E-state index is 12.0. The molecule has 0 radical (unpaired) electrons. The maximum Gasteiger partial charge on any atom is 0.134 e. The van der Waals surface area contributed by atoms with E-state index < -0.39 is 0 Å².